The third-order valence-corrected chi connectivity index (χ3v) is 2.58. The van der Waals surface area contributed by atoms with Gasteiger partial charge in [-0.1, -0.05) is 18.2 Å². The molecule has 3 aromatic rings. The second-order valence-corrected chi connectivity index (χ2v) is 3.63. The van der Waals surface area contributed by atoms with Crippen molar-refractivity contribution in [2.24, 2.45) is 0 Å². The molecule has 0 spiro atoms. The van der Waals surface area contributed by atoms with Gasteiger partial charge in [-0.05, 0) is 12.1 Å². The van der Waals surface area contributed by atoms with Gasteiger partial charge in [0.15, 0.2) is 0 Å². The molecule has 0 bridgehead atoms. The zero-order valence-corrected chi connectivity index (χ0v) is 8.91. The van der Waals surface area contributed by atoms with Gasteiger partial charge in [-0.25, -0.2) is 9.97 Å². The van der Waals surface area contributed by atoms with Gasteiger partial charge in [-0.15, -0.1) is 0 Å². The Morgan fingerprint density at radius 3 is 2.59 bits per heavy atom. The number of aromatic nitrogens is 3. The molecule has 4 heteroatoms. The smallest absolute Gasteiger partial charge is 0.234 e. The van der Waals surface area contributed by atoms with Crippen molar-refractivity contribution in [2.75, 3.05) is 0 Å². The molecule has 3 rings (SSSR count). The summed E-state index contributed by atoms with van der Waals surface area (Å²) in [5, 5.41) is 9.83. The summed E-state index contributed by atoms with van der Waals surface area (Å²) in [7, 11) is 0. The van der Waals surface area contributed by atoms with Crippen LogP contribution in [0.2, 0.25) is 0 Å². The van der Waals surface area contributed by atoms with E-state index in [1.165, 1.54) is 12.4 Å². The van der Waals surface area contributed by atoms with Crippen LogP contribution in [0, 0.1) is 11.3 Å². The Morgan fingerprint density at radius 1 is 1.06 bits per heavy atom. The summed E-state index contributed by atoms with van der Waals surface area (Å²) in [4.78, 5) is 8.34. The monoisotopic (exact) mass is 220 g/mol. The maximum atomic E-state index is 8.69. The van der Waals surface area contributed by atoms with Crippen LogP contribution in [0.3, 0.4) is 0 Å². The van der Waals surface area contributed by atoms with Crippen molar-refractivity contribution >= 4 is 10.9 Å². The summed E-state index contributed by atoms with van der Waals surface area (Å²) in [6.07, 6.45) is 4.97. The Balaban J connectivity index is 2.17. The van der Waals surface area contributed by atoms with E-state index >= 15 is 0 Å². The molecular formula is C13H8N4. The molecule has 0 radical (unpaired) electrons. The van der Waals surface area contributed by atoms with E-state index in [0.29, 0.717) is 11.5 Å². The van der Waals surface area contributed by atoms with E-state index in [0.717, 1.165) is 10.9 Å². The standard InChI is InChI=1S/C13H8N4/c14-7-10-8-15-13(16-9-10)17-6-5-11-3-1-2-4-12(11)17/h1-6,8-9H. The molecule has 4 nitrogen and oxygen atoms in total. The van der Waals surface area contributed by atoms with Crippen LogP contribution in [0.4, 0.5) is 0 Å². The number of nitrogens with zero attached hydrogens (tertiary/aromatic N) is 4. The molecular weight excluding hydrogens is 212 g/mol. The first-order chi connectivity index (χ1) is 8.38. The van der Waals surface area contributed by atoms with E-state index in [1.54, 1.807) is 0 Å². The highest BCUT2D eigenvalue weighted by Crippen LogP contribution is 2.17. The molecule has 0 atom stereocenters. The molecule has 0 amide bonds. The Hall–Kier alpha value is -2.67. The highest BCUT2D eigenvalue weighted by molar-refractivity contribution is 5.81. The fourth-order valence-corrected chi connectivity index (χ4v) is 1.76. The summed E-state index contributed by atoms with van der Waals surface area (Å²) in [5.74, 6) is 0.574. The first-order valence-electron chi connectivity index (χ1n) is 5.17. The molecule has 80 valence electrons. The Bertz CT molecular complexity index is 704. The Labute approximate surface area is 97.8 Å². The summed E-state index contributed by atoms with van der Waals surface area (Å²) in [6, 6.07) is 12.0. The molecule has 0 aliphatic rings. The summed E-state index contributed by atoms with van der Waals surface area (Å²) >= 11 is 0. The maximum absolute atomic E-state index is 8.69. The van der Waals surface area contributed by atoms with Crippen molar-refractivity contribution in [3.05, 3.63) is 54.5 Å². The largest absolute Gasteiger partial charge is 0.285 e. The second-order valence-electron chi connectivity index (χ2n) is 3.63. The first kappa shape index (κ1) is 9.55. The number of hydrogen-bond donors (Lipinski definition) is 0. The van der Waals surface area contributed by atoms with Crippen molar-refractivity contribution in [3.63, 3.8) is 0 Å². The predicted molar refractivity (Wildman–Crippen MR) is 63.6 cm³/mol. The van der Waals surface area contributed by atoms with Crippen molar-refractivity contribution in [3.8, 4) is 12.0 Å². The molecule has 2 aromatic heterocycles. The molecule has 0 aliphatic heterocycles. The van der Waals surface area contributed by atoms with E-state index in [1.807, 2.05) is 47.2 Å². The van der Waals surface area contributed by atoms with Crippen LogP contribution in [-0.2, 0) is 0 Å². The number of rotatable bonds is 1. The molecule has 0 fully saturated rings. The summed E-state index contributed by atoms with van der Waals surface area (Å²) < 4.78 is 1.90. The van der Waals surface area contributed by atoms with Crippen LogP contribution in [0.1, 0.15) is 5.56 Å². The zero-order chi connectivity index (χ0) is 11.7. The Morgan fingerprint density at radius 2 is 1.82 bits per heavy atom. The van der Waals surface area contributed by atoms with Crippen LogP contribution in [0.5, 0.6) is 0 Å². The molecule has 0 saturated heterocycles. The first-order valence-corrected chi connectivity index (χ1v) is 5.17. The van der Waals surface area contributed by atoms with E-state index in [4.69, 9.17) is 5.26 Å². The highest BCUT2D eigenvalue weighted by atomic mass is 15.1. The molecule has 0 N–H and O–H groups in total. The molecule has 0 aliphatic carbocycles. The van der Waals surface area contributed by atoms with Crippen LogP contribution >= 0.6 is 0 Å². The van der Waals surface area contributed by atoms with Gasteiger partial charge in [0.2, 0.25) is 5.95 Å². The van der Waals surface area contributed by atoms with E-state index < -0.39 is 0 Å². The predicted octanol–water partition coefficient (Wildman–Crippen LogP) is 2.29. The van der Waals surface area contributed by atoms with E-state index in [9.17, 15) is 0 Å². The minimum atomic E-state index is 0.463. The van der Waals surface area contributed by atoms with Gasteiger partial charge in [0.25, 0.3) is 0 Å². The van der Waals surface area contributed by atoms with Gasteiger partial charge in [0, 0.05) is 11.6 Å². The van der Waals surface area contributed by atoms with Crippen molar-refractivity contribution in [1.29, 1.82) is 5.26 Å². The van der Waals surface area contributed by atoms with Crippen LogP contribution in [0.25, 0.3) is 16.9 Å². The van der Waals surface area contributed by atoms with E-state index in [-0.39, 0.29) is 0 Å². The van der Waals surface area contributed by atoms with Crippen molar-refractivity contribution < 1.29 is 0 Å². The summed E-state index contributed by atoms with van der Waals surface area (Å²) in [6.45, 7) is 0. The Kier molecular flexibility index (Phi) is 2.09. The lowest BCUT2D eigenvalue weighted by molar-refractivity contribution is 0.958. The number of hydrogen-bond acceptors (Lipinski definition) is 3. The minimum Gasteiger partial charge on any atom is -0.285 e. The number of nitriles is 1. The molecule has 17 heavy (non-hydrogen) atoms. The third kappa shape index (κ3) is 1.54. The van der Waals surface area contributed by atoms with Gasteiger partial charge >= 0.3 is 0 Å². The fraction of sp³-hybridized carbons (Fsp3) is 0. The third-order valence-electron chi connectivity index (χ3n) is 2.58. The lowest BCUT2D eigenvalue weighted by Gasteiger charge is -2.02. The zero-order valence-electron chi connectivity index (χ0n) is 8.91. The van der Waals surface area contributed by atoms with Crippen molar-refractivity contribution in [2.45, 2.75) is 0 Å². The summed E-state index contributed by atoms with van der Waals surface area (Å²) in [5.41, 5.74) is 1.52. The topological polar surface area (TPSA) is 54.5 Å². The SMILES string of the molecule is N#Cc1cnc(-n2ccc3ccccc32)nc1. The highest BCUT2D eigenvalue weighted by Gasteiger charge is 2.04. The van der Waals surface area contributed by atoms with Gasteiger partial charge in [0.05, 0.1) is 23.5 Å². The maximum Gasteiger partial charge on any atom is 0.234 e. The van der Waals surface area contributed by atoms with Crippen LogP contribution in [0.15, 0.2) is 48.9 Å². The van der Waals surface area contributed by atoms with Gasteiger partial charge in [-0.2, -0.15) is 5.26 Å². The second kappa shape index (κ2) is 3.72. The minimum absolute atomic E-state index is 0.463. The molecule has 2 heterocycles. The number of para-hydroxylation sites is 1. The quantitative estimate of drug-likeness (QED) is 0.632. The number of benzene rings is 1. The number of fused-ring (bicyclic) bond motifs is 1. The average Bonchev–Trinajstić information content (AvgIpc) is 2.83. The molecule has 0 unspecified atom stereocenters. The average molecular weight is 220 g/mol. The molecule has 1 aromatic carbocycles. The molecule has 0 saturated carbocycles. The van der Waals surface area contributed by atoms with Gasteiger partial charge in [-0.3, -0.25) is 4.57 Å². The van der Waals surface area contributed by atoms with Gasteiger partial charge in [0.1, 0.15) is 6.07 Å². The normalized spacial score (nSPS) is 10.3. The van der Waals surface area contributed by atoms with Crippen molar-refractivity contribution in [1.82, 2.24) is 14.5 Å². The van der Waals surface area contributed by atoms with Crippen LogP contribution < -0.4 is 0 Å². The lowest BCUT2D eigenvalue weighted by Crippen LogP contribution is -1.99. The lowest BCUT2D eigenvalue weighted by atomic mass is 10.2. The van der Waals surface area contributed by atoms with E-state index in [2.05, 4.69) is 9.97 Å². The van der Waals surface area contributed by atoms with Gasteiger partial charge < -0.3 is 0 Å². The van der Waals surface area contributed by atoms with Crippen LogP contribution in [-0.4, -0.2) is 14.5 Å². The fourth-order valence-electron chi connectivity index (χ4n) is 1.76.